The van der Waals surface area contributed by atoms with Gasteiger partial charge in [0.1, 0.15) is 0 Å². The van der Waals surface area contributed by atoms with E-state index in [1.54, 1.807) is 0 Å². The smallest absolute Gasteiger partial charge is 0.0603 e. The number of rotatable bonds is 3. The normalized spacial score (nSPS) is 23.0. The van der Waals surface area contributed by atoms with E-state index in [0.717, 1.165) is 37.5 Å². The predicted molar refractivity (Wildman–Crippen MR) is 54.3 cm³/mol. The molecule has 0 spiro atoms. The monoisotopic (exact) mass is 189 g/mol. The second-order valence-electron chi connectivity index (χ2n) is 3.60. The minimum Gasteiger partial charge on any atom is -0.379 e. The first-order valence-electron chi connectivity index (χ1n) is 4.69. The highest BCUT2D eigenvalue weighted by atomic mass is 32.2. The van der Waals surface area contributed by atoms with Gasteiger partial charge in [-0.2, -0.15) is 0 Å². The summed E-state index contributed by atoms with van der Waals surface area (Å²) in [4.78, 5) is 0. The Hall–Kier alpha value is 0.270. The molecule has 0 amide bonds. The van der Waals surface area contributed by atoms with E-state index in [-0.39, 0.29) is 0 Å². The van der Waals surface area contributed by atoms with Gasteiger partial charge in [-0.1, -0.05) is 32.7 Å². The summed E-state index contributed by atoms with van der Waals surface area (Å²) >= 11 is 1.98. The third kappa shape index (κ3) is 3.33. The van der Waals surface area contributed by atoms with E-state index < -0.39 is 0 Å². The molecule has 1 heterocycles. The van der Waals surface area contributed by atoms with Crippen molar-refractivity contribution in [3.63, 3.8) is 0 Å². The van der Waals surface area contributed by atoms with Gasteiger partial charge >= 0.3 is 0 Å². The first-order valence-corrected chi connectivity index (χ1v) is 5.53. The maximum atomic E-state index is 5.29. The molecular weight excluding hydrogens is 170 g/mol. The van der Waals surface area contributed by atoms with Crippen LogP contribution in [0.15, 0.2) is 0 Å². The van der Waals surface area contributed by atoms with Crippen LogP contribution in [0.2, 0.25) is 0 Å². The van der Waals surface area contributed by atoms with Crippen molar-refractivity contribution in [2.75, 3.05) is 26.3 Å². The third-order valence-corrected chi connectivity index (χ3v) is 3.76. The van der Waals surface area contributed by atoms with E-state index in [4.69, 9.17) is 4.74 Å². The van der Waals surface area contributed by atoms with Crippen LogP contribution in [0, 0.1) is 5.92 Å². The second-order valence-corrected chi connectivity index (χ2v) is 5.07. The summed E-state index contributed by atoms with van der Waals surface area (Å²) in [6.45, 7) is 10.8. The fraction of sp³-hybridized carbons (Fsp3) is 1.00. The van der Waals surface area contributed by atoms with Gasteiger partial charge in [0.15, 0.2) is 0 Å². The molecule has 0 aromatic carbocycles. The highest BCUT2D eigenvalue weighted by Crippen LogP contribution is 2.23. The number of hydrogen-bond acceptors (Lipinski definition) is 3. The Morgan fingerprint density at radius 1 is 1.17 bits per heavy atom. The Bertz CT molecular complexity index is 124. The molecule has 0 saturated carbocycles. The maximum Gasteiger partial charge on any atom is 0.0603 e. The lowest BCUT2D eigenvalue weighted by molar-refractivity contribution is 0.0770. The average molecular weight is 189 g/mol. The Labute approximate surface area is 79.8 Å². The first kappa shape index (κ1) is 10.4. The van der Waals surface area contributed by atoms with Crippen molar-refractivity contribution in [2.24, 2.45) is 5.92 Å². The molecule has 0 aliphatic carbocycles. The van der Waals surface area contributed by atoms with Crippen molar-refractivity contribution in [1.82, 2.24) is 4.31 Å². The third-order valence-electron chi connectivity index (χ3n) is 2.22. The SMILES string of the molecule is CC(C)C(C)SN1CCOCC1. The van der Waals surface area contributed by atoms with Crippen molar-refractivity contribution in [3.05, 3.63) is 0 Å². The molecule has 1 aliphatic rings. The zero-order valence-electron chi connectivity index (χ0n) is 8.25. The average Bonchev–Trinajstić information content (AvgIpc) is 2.06. The van der Waals surface area contributed by atoms with Crippen molar-refractivity contribution in [3.8, 4) is 0 Å². The van der Waals surface area contributed by atoms with Crippen LogP contribution in [0.3, 0.4) is 0 Å². The molecule has 72 valence electrons. The predicted octanol–water partition coefficient (Wildman–Crippen LogP) is 2.01. The van der Waals surface area contributed by atoms with Crippen LogP contribution in [0.5, 0.6) is 0 Å². The Balaban J connectivity index is 2.20. The quantitative estimate of drug-likeness (QED) is 0.630. The zero-order chi connectivity index (χ0) is 8.97. The van der Waals surface area contributed by atoms with E-state index in [1.807, 2.05) is 11.9 Å². The standard InChI is InChI=1S/C9H19NOS/c1-8(2)9(3)12-10-4-6-11-7-5-10/h8-9H,4-7H2,1-3H3. The van der Waals surface area contributed by atoms with Crippen LogP contribution >= 0.6 is 11.9 Å². The summed E-state index contributed by atoms with van der Waals surface area (Å²) in [5.41, 5.74) is 0. The maximum absolute atomic E-state index is 5.29. The summed E-state index contributed by atoms with van der Waals surface area (Å²) in [5.74, 6) is 0.762. The van der Waals surface area contributed by atoms with Crippen LogP contribution in [0.25, 0.3) is 0 Å². The van der Waals surface area contributed by atoms with Crippen LogP contribution < -0.4 is 0 Å². The Morgan fingerprint density at radius 3 is 2.25 bits per heavy atom. The van der Waals surface area contributed by atoms with Crippen molar-refractivity contribution < 1.29 is 4.74 Å². The lowest BCUT2D eigenvalue weighted by atomic mass is 10.2. The first-order chi connectivity index (χ1) is 5.70. The summed E-state index contributed by atoms with van der Waals surface area (Å²) in [6.07, 6.45) is 0. The molecule has 1 saturated heterocycles. The lowest BCUT2D eigenvalue weighted by Crippen LogP contribution is -2.33. The molecule has 1 unspecified atom stereocenters. The van der Waals surface area contributed by atoms with Gasteiger partial charge in [-0.25, -0.2) is 4.31 Å². The van der Waals surface area contributed by atoms with E-state index in [2.05, 4.69) is 25.1 Å². The van der Waals surface area contributed by atoms with Gasteiger partial charge in [0.25, 0.3) is 0 Å². The second kappa shape index (κ2) is 5.10. The molecule has 0 aromatic rings. The fourth-order valence-electron chi connectivity index (χ4n) is 1.01. The molecule has 12 heavy (non-hydrogen) atoms. The number of ether oxygens (including phenoxy) is 1. The van der Waals surface area contributed by atoms with Crippen LogP contribution in [-0.2, 0) is 4.74 Å². The zero-order valence-corrected chi connectivity index (χ0v) is 9.06. The van der Waals surface area contributed by atoms with E-state index in [1.165, 1.54) is 0 Å². The highest BCUT2D eigenvalue weighted by Gasteiger charge is 2.16. The van der Waals surface area contributed by atoms with E-state index in [0.29, 0.717) is 0 Å². The van der Waals surface area contributed by atoms with Crippen molar-refractivity contribution in [2.45, 2.75) is 26.0 Å². The van der Waals surface area contributed by atoms with Gasteiger partial charge in [-0.3, -0.25) is 0 Å². The van der Waals surface area contributed by atoms with Crippen LogP contribution in [0.1, 0.15) is 20.8 Å². The van der Waals surface area contributed by atoms with E-state index in [9.17, 15) is 0 Å². The van der Waals surface area contributed by atoms with Crippen LogP contribution in [0.4, 0.5) is 0 Å². The van der Waals surface area contributed by atoms with Gasteiger partial charge in [-0.15, -0.1) is 0 Å². The summed E-state index contributed by atoms with van der Waals surface area (Å²) in [6, 6.07) is 0. The molecule has 1 fully saturated rings. The molecule has 2 nitrogen and oxygen atoms in total. The van der Waals surface area contributed by atoms with Gasteiger partial charge in [0, 0.05) is 18.3 Å². The molecule has 3 heteroatoms. The Morgan fingerprint density at radius 2 is 1.75 bits per heavy atom. The molecule has 0 radical (unpaired) electrons. The molecular formula is C9H19NOS. The van der Waals surface area contributed by atoms with Gasteiger partial charge < -0.3 is 4.74 Å². The molecule has 1 aliphatic heterocycles. The van der Waals surface area contributed by atoms with E-state index >= 15 is 0 Å². The summed E-state index contributed by atoms with van der Waals surface area (Å²) in [7, 11) is 0. The number of nitrogens with zero attached hydrogens (tertiary/aromatic N) is 1. The molecule has 1 rings (SSSR count). The highest BCUT2D eigenvalue weighted by molar-refractivity contribution is 7.97. The summed E-state index contributed by atoms with van der Waals surface area (Å²) < 4.78 is 7.71. The summed E-state index contributed by atoms with van der Waals surface area (Å²) in [5, 5.41) is 0.725. The van der Waals surface area contributed by atoms with Gasteiger partial charge in [0.05, 0.1) is 13.2 Å². The van der Waals surface area contributed by atoms with Crippen molar-refractivity contribution >= 4 is 11.9 Å². The lowest BCUT2D eigenvalue weighted by Gasteiger charge is -2.29. The van der Waals surface area contributed by atoms with Crippen molar-refractivity contribution in [1.29, 1.82) is 0 Å². The molecule has 0 bridgehead atoms. The van der Waals surface area contributed by atoms with Crippen LogP contribution in [-0.4, -0.2) is 35.9 Å². The molecule has 0 N–H and O–H groups in total. The minimum atomic E-state index is 0.725. The number of hydrogen-bond donors (Lipinski definition) is 0. The number of morpholine rings is 1. The minimum absolute atomic E-state index is 0.725. The molecule has 0 aromatic heterocycles. The van der Waals surface area contributed by atoms with Gasteiger partial charge in [0.2, 0.25) is 0 Å². The largest absolute Gasteiger partial charge is 0.379 e. The van der Waals surface area contributed by atoms with Gasteiger partial charge in [-0.05, 0) is 5.92 Å². The topological polar surface area (TPSA) is 12.5 Å². The Kier molecular flexibility index (Phi) is 4.40. The molecule has 1 atom stereocenters. The fourth-order valence-corrected chi connectivity index (χ4v) is 2.08.